The van der Waals surface area contributed by atoms with Crippen LogP contribution in [0.5, 0.6) is 11.5 Å². The lowest BCUT2D eigenvalue weighted by Crippen LogP contribution is -2.32. The van der Waals surface area contributed by atoms with Crippen molar-refractivity contribution < 1.29 is 9.47 Å². The highest BCUT2D eigenvalue weighted by atomic mass is 79.9. The van der Waals surface area contributed by atoms with Crippen LogP contribution in [0.15, 0.2) is 18.2 Å². The van der Waals surface area contributed by atoms with Gasteiger partial charge in [-0.3, -0.25) is 0 Å². The molecule has 0 unspecified atom stereocenters. The normalized spacial score (nSPS) is 14.8. The first-order valence-electron chi connectivity index (χ1n) is 5.80. The molecule has 0 aliphatic carbocycles. The van der Waals surface area contributed by atoms with Crippen molar-refractivity contribution in [2.75, 3.05) is 25.2 Å². The second kappa shape index (κ2) is 5.27. The van der Waals surface area contributed by atoms with Gasteiger partial charge in [0.05, 0.1) is 5.45 Å². The Morgan fingerprint density at radius 1 is 1.24 bits per heavy atom. The van der Waals surface area contributed by atoms with Gasteiger partial charge in [-0.15, -0.1) is 0 Å². The SMILES string of the molecule is CC(C)(CNCBr)c1ccc2c(c1)OCCO2. The van der Waals surface area contributed by atoms with Gasteiger partial charge in [-0.2, -0.15) is 0 Å². The standard InChI is InChI=1S/C13H18BrNO2/c1-13(2,8-15-9-14)10-3-4-11-12(7-10)17-6-5-16-11/h3-4,7,15H,5-6,8-9H2,1-2H3. The molecule has 1 aromatic carbocycles. The maximum Gasteiger partial charge on any atom is 0.161 e. The molecule has 1 aliphatic rings. The molecular weight excluding hydrogens is 282 g/mol. The van der Waals surface area contributed by atoms with Crippen LogP contribution in [0.3, 0.4) is 0 Å². The monoisotopic (exact) mass is 299 g/mol. The van der Waals surface area contributed by atoms with Crippen LogP contribution in [0.1, 0.15) is 19.4 Å². The summed E-state index contributed by atoms with van der Waals surface area (Å²) in [6.45, 7) is 6.62. The summed E-state index contributed by atoms with van der Waals surface area (Å²) in [5, 5.41) is 3.31. The van der Waals surface area contributed by atoms with Gasteiger partial charge in [0.1, 0.15) is 13.2 Å². The predicted molar refractivity (Wildman–Crippen MR) is 72.3 cm³/mol. The van der Waals surface area contributed by atoms with Crippen molar-refractivity contribution in [3.63, 3.8) is 0 Å². The van der Waals surface area contributed by atoms with E-state index in [2.05, 4.69) is 47.2 Å². The molecule has 1 aliphatic heterocycles. The van der Waals surface area contributed by atoms with Crippen molar-refractivity contribution >= 4 is 15.9 Å². The molecule has 0 aromatic heterocycles. The van der Waals surface area contributed by atoms with Crippen LogP contribution in [-0.4, -0.2) is 25.2 Å². The molecule has 0 spiro atoms. The third-order valence-electron chi connectivity index (χ3n) is 2.99. The topological polar surface area (TPSA) is 30.5 Å². The first-order valence-corrected chi connectivity index (χ1v) is 6.92. The fourth-order valence-corrected chi connectivity index (χ4v) is 2.12. The van der Waals surface area contributed by atoms with E-state index in [1.807, 2.05) is 6.07 Å². The Morgan fingerprint density at radius 2 is 1.94 bits per heavy atom. The first-order chi connectivity index (χ1) is 8.13. The fraction of sp³-hybridized carbons (Fsp3) is 0.538. The average Bonchev–Trinajstić information content (AvgIpc) is 2.36. The fourth-order valence-electron chi connectivity index (χ4n) is 1.93. The van der Waals surface area contributed by atoms with Crippen LogP contribution < -0.4 is 14.8 Å². The Labute approximate surface area is 111 Å². The summed E-state index contributed by atoms with van der Waals surface area (Å²) < 4.78 is 11.1. The molecule has 0 saturated carbocycles. The highest BCUT2D eigenvalue weighted by molar-refractivity contribution is 9.09. The third-order valence-corrected chi connectivity index (χ3v) is 3.38. The smallest absolute Gasteiger partial charge is 0.161 e. The van der Waals surface area contributed by atoms with Crippen molar-refractivity contribution in [3.05, 3.63) is 23.8 Å². The minimum absolute atomic E-state index is 0.0730. The van der Waals surface area contributed by atoms with Gasteiger partial charge in [-0.1, -0.05) is 35.8 Å². The number of halogens is 1. The van der Waals surface area contributed by atoms with Crippen LogP contribution >= 0.6 is 15.9 Å². The highest BCUT2D eigenvalue weighted by Crippen LogP contribution is 2.34. The van der Waals surface area contributed by atoms with Crippen molar-refractivity contribution in [2.24, 2.45) is 0 Å². The summed E-state index contributed by atoms with van der Waals surface area (Å²) in [4.78, 5) is 0. The third kappa shape index (κ3) is 2.93. The van der Waals surface area contributed by atoms with Crippen LogP contribution in [0, 0.1) is 0 Å². The lowest BCUT2D eigenvalue weighted by molar-refractivity contribution is 0.171. The van der Waals surface area contributed by atoms with E-state index in [0.717, 1.165) is 23.5 Å². The number of hydrogen-bond donors (Lipinski definition) is 1. The Hall–Kier alpha value is -0.740. The second-order valence-electron chi connectivity index (χ2n) is 4.80. The molecule has 0 fully saturated rings. The number of benzene rings is 1. The highest BCUT2D eigenvalue weighted by Gasteiger charge is 2.22. The minimum Gasteiger partial charge on any atom is -0.486 e. The minimum atomic E-state index is 0.0730. The summed E-state index contributed by atoms with van der Waals surface area (Å²) in [5.41, 5.74) is 2.14. The largest absolute Gasteiger partial charge is 0.486 e. The molecule has 17 heavy (non-hydrogen) atoms. The van der Waals surface area contributed by atoms with E-state index in [1.54, 1.807) is 0 Å². The van der Waals surface area contributed by atoms with E-state index in [1.165, 1.54) is 5.56 Å². The van der Waals surface area contributed by atoms with Gasteiger partial charge < -0.3 is 14.8 Å². The van der Waals surface area contributed by atoms with Crippen LogP contribution in [0.25, 0.3) is 0 Å². The van der Waals surface area contributed by atoms with E-state index in [4.69, 9.17) is 9.47 Å². The molecular formula is C13H18BrNO2. The lowest BCUT2D eigenvalue weighted by Gasteiger charge is -2.27. The van der Waals surface area contributed by atoms with Crippen molar-refractivity contribution in [1.82, 2.24) is 5.32 Å². The summed E-state index contributed by atoms with van der Waals surface area (Å²) >= 11 is 3.38. The molecule has 0 atom stereocenters. The lowest BCUT2D eigenvalue weighted by atomic mass is 9.84. The maximum atomic E-state index is 5.61. The molecule has 0 amide bonds. The molecule has 1 N–H and O–H groups in total. The van der Waals surface area contributed by atoms with E-state index >= 15 is 0 Å². The van der Waals surface area contributed by atoms with Crippen molar-refractivity contribution in [1.29, 1.82) is 0 Å². The van der Waals surface area contributed by atoms with Crippen molar-refractivity contribution in [3.8, 4) is 11.5 Å². The van der Waals surface area contributed by atoms with Crippen molar-refractivity contribution in [2.45, 2.75) is 19.3 Å². The van der Waals surface area contributed by atoms with E-state index < -0.39 is 0 Å². The Morgan fingerprint density at radius 3 is 2.65 bits per heavy atom. The van der Waals surface area contributed by atoms with Gasteiger partial charge in [0.25, 0.3) is 0 Å². The number of rotatable bonds is 4. The summed E-state index contributed by atoms with van der Waals surface area (Å²) in [7, 11) is 0. The number of nitrogens with one attached hydrogen (secondary N) is 1. The van der Waals surface area contributed by atoms with Gasteiger partial charge in [0.2, 0.25) is 0 Å². The van der Waals surface area contributed by atoms with Gasteiger partial charge in [-0.25, -0.2) is 0 Å². The summed E-state index contributed by atoms with van der Waals surface area (Å²) in [6.07, 6.45) is 0. The zero-order chi connectivity index (χ0) is 12.3. The molecule has 3 nitrogen and oxygen atoms in total. The molecule has 0 bridgehead atoms. The molecule has 1 aromatic rings. The number of ether oxygens (including phenoxy) is 2. The van der Waals surface area contributed by atoms with E-state index in [0.29, 0.717) is 13.2 Å². The summed E-state index contributed by atoms with van der Waals surface area (Å²) in [6, 6.07) is 6.20. The van der Waals surface area contributed by atoms with Gasteiger partial charge in [0.15, 0.2) is 11.5 Å². The molecule has 4 heteroatoms. The van der Waals surface area contributed by atoms with Crippen LogP contribution in [0.2, 0.25) is 0 Å². The maximum absolute atomic E-state index is 5.61. The predicted octanol–water partition coefficient (Wildman–Crippen LogP) is 2.68. The van der Waals surface area contributed by atoms with E-state index in [9.17, 15) is 0 Å². The van der Waals surface area contributed by atoms with Gasteiger partial charge in [-0.05, 0) is 17.7 Å². The number of hydrogen-bond acceptors (Lipinski definition) is 3. The molecule has 2 rings (SSSR count). The Balaban J connectivity index is 2.20. The second-order valence-corrected chi connectivity index (χ2v) is 5.36. The molecule has 1 heterocycles. The summed E-state index contributed by atoms with van der Waals surface area (Å²) in [5.74, 6) is 1.71. The quantitative estimate of drug-likeness (QED) is 0.685. The zero-order valence-corrected chi connectivity index (χ0v) is 11.8. The number of fused-ring (bicyclic) bond motifs is 1. The molecule has 0 saturated heterocycles. The Kier molecular flexibility index (Phi) is 3.94. The molecule has 0 radical (unpaired) electrons. The average molecular weight is 300 g/mol. The van der Waals surface area contributed by atoms with Crippen LogP contribution in [0.4, 0.5) is 0 Å². The zero-order valence-electron chi connectivity index (χ0n) is 10.3. The first kappa shape index (κ1) is 12.7. The Bertz CT molecular complexity index is 393. The van der Waals surface area contributed by atoms with E-state index in [-0.39, 0.29) is 5.41 Å². The number of alkyl halides is 1. The van der Waals surface area contributed by atoms with Crippen LogP contribution in [-0.2, 0) is 5.41 Å². The molecule has 94 valence electrons. The van der Waals surface area contributed by atoms with Gasteiger partial charge >= 0.3 is 0 Å². The van der Waals surface area contributed by atoms with Gasteiger partial charge in [0, 0.05) is 12.0 Å².